The molecule has 2 atom stereocenters. The molecule has 0 amide bonds. The van der Waals surface area contributed by atoms with Gasteiger partial charge in [-0.15, -0.1) is 0 Å². The lowest BCUT2D eigenvalue weighted by Gasteiger charge is -2.29. The van der Waals surface area contributed by atoms with E-state index in [1.807, 2.05) is 30.3 Å². The molecule has 0 radical (unpaired) electrons. The molecule has 1 saturated heterocycles. The van der Waals surface area contributed by atoms with E-state index in [1.165, 1.54) is 16.7 Å². The van der Waals surface area contributed by atoms with E-state index in [4.69, 9.17) is 4.74 Å². The molecule has 2 N–H and O–H groups in total. The summed E-state index contributed by atoms with van der Waals surface area (Å²) in [6, 6.07) is 26.9. The third kappa shape index (κ3) is 5.22. The Bertz CT molecular complexity index is 1020. The normalized spacial score (nSPS) is 20.6. The van der Waals surface area contributed by atoms with Gasteiger partial charge in [-0.05, 0) is 47.6 Å². The van der Waals surface area contributed by atoms with Gasteiger partial charge in [0.25, 0.3) is 0 Å². The summed E-state index contributed by atoms with van der Waals surface area (Å²) in [5.74, 6) is -0.805. The summed E-state index contributed by atoms with van der Waals surface area (Å²) in [6.07, 6.45) is 1.53. The number of benzene rings is 3. The van der Waals surface area contributed by atoms with Gasteiger partial charge in [-0.1, -0.05) is 78.9 Å². The summed E-state index contributed by atoms with van der Waals surface area (Å²) >= 11 is 0. The predicted molar refractivity (Wildman–Crippen MR) is 122 cm³/mol. The third-order valence-electron chi connectivity index (χ3n) is 6.19. The number of nitrogens with one attached hydrogen (secondary N) is 1. The highest BCUT2D eigenvalue weighted by molar-refractivity contribution is 5.69. The van der Waals surface area contributed by atoms with Gasteiger partial charge in [0.05, 0.1) is 24.7 Å². The van der Waals surface area contributed by atoms with Crippen molar-refractivity contribution in [2.24, 2.45) is 0 Å². The number of carboxylic acid groups (broad SMARTS) is 1. The van der Waals surface area contributed by atoms with Crippen LogP contribution in [0, 0.1) is 6.92 Å². The van der Waals surface area contributed by atoms with Gasteiger partial charge in [0.2, 0.25) is 0 Å². The Balaban J connectivity index is 1.47. The van der Waals surface area contributed by atoms with Crippen LogP contribution in [0.5, 0.6) is 0 Å². The molecule has 0 aliphatic carbocycles. The van der Waals surface area contributed by atoms with E-state index in [2.05, 4.69) is 60.8 Å². The SMILES string of the molecule is Cc1ccccc1Cc1ccc([C@@]2(CC(=O)O)C[C@@H](OCc3ccccc3)CN2)cc1. The van der Waals surface area contributed by atoms with E-state index in [0.717, 1.165) is 17.5 Å². The summed E-state index contributed by atoms with van der Waals surface area (Å²) in [5, 5.41) is 13.1. The highest BCUT2D eigenvalue weighted by atomic mass is 16.5. The molecule has 1 aliphatic heterocycles. The molecule has 0 aromatic heterocycles. The van der Waals surface area contributed by atoms with E-state index in [-0.39, 0.29) is 12.5 Å². The number of carboxylic acids is 1. The molecule has 31 heavy (non-hydrogen) atoms. The van der Waals surface area contributed by atoms with Gasteiger partial charge in [0.15, 0.2) is 0 Å². The number of hydrogen-bond donors (Lipinski definition) is 2. The molecule has 0 saturated carbocycles. The van der Waals surface area contributed by atoms with Gasteiger partial charge in [-0.2, -0.15) is 0 Å². The molecular weight excluding hydrogens is 386 g/mol. The molecule has 4 rings (SSSR count). The lowest BCUT2D eigenvalue weighted by molar-refractivity contribution is -0.138. The van der Waals surface area contributed by atoms with Crippen molar-refractivity contribution in [1.82, 2.24) is 5.32 Å². The van der Waals surface area contributed by atoms with Crippen LogP contribution in [0.25, 0.3) is 0 Å². The molecule has 3 aromatic rings. The second-order valence-corrected chi connectivity index (χ2v) is 8.46. The summed E-state index contributed by atoms with van der Waals surface area (Å²) in [4.78, 5) is 11.7. The van der Waals surface area contributed by atoms with E-state index in [0.29, 0.717) is 19.6 Å². The van der Waals surface area contributed by atoms with Crippen LogP contribution < -0.4 is 5.32 Å². The van der Waals surface area contributed by atoms with Crippen LogP contribution in [0.3, 0.4) is 0 Å². The van der Waals surface area contributed by atoms with Crippen molar-refractivity contribution in [3.05, 3.63) is 107 Å². The topological polar surface area (TPSA) is 58.6 Å². The monoisotopic (exact) mass is 415 g/mol. The number of ether oxygens (including phenoxy) is 1. The van der Waals surface area contributed by atoms with Crippen molar-refractivity contribution in [2.75, 3.05) is 6.54 Å². The maximum Gasteiger partial charge on any atom is 0.305 e. The molecule has 0 spiro atoms. The van der Waals surface area contributed by atoms with Gasteiger partial charge in [0, 0.05) is 6.54 Å². The Hall–Kier alpha value is -2.95. The van der Waals surface area contributed by atoms with Gasteiger partial charge in [-0.25, -0.2) is 0 Å². The minimum Gasteiger partial charge on any atom is -0.481 e. The fraction of sp³-hybridized carbons (Fsp3) is 0.296. The first-order valence-corrected chi connectivity index (χ1v) is 10.8. The quantitative estimate of drug-likeness (QED) is 0.553. The number of carbonyl (C=O) groups is 1. The smallest absolute Gasteiger partial charge is 0.305 e. The largest absolute Gasteiger partial charge is 0.481 e. The molecule has 1 aliphatic rings. The Morgan fingerprint density at radius 3 is 2.42 bits per heavy atom. The van der Waals surface area contributed by atoms with Crippen molar-refractivity contribution in [2.45, 2.75) is 44.4 Å². The molecule has 4 nitrogen and oxygen atoms in total. The highest BCUT2D eigenvalue weighted by Gasteiger charge is 2.42. The summed E-state index contributed by atoms with van der Waals surface area (Å²) in [6.45, 7) is 3.31. The maximum absolute atomic E-state index is 11.7. The Labute approximate surface area is 183 Å². The lowest BCUT2D eigenvalue weighted by atomic mass is 9.84. The van der Waals surface area contributed by atoms with Crippen LogP contribution in [0.15, 0.2) is 78.9 Å². The fourth-order valence-corrected chi connectivity index (χ4v) is 4.43. The number of rotatable bonds is 8. The fourth-order valence-electron chi connectivity index (χ4n) is 4.43. The molecule has 160 valence electrons. The van der Waals surface area contributed by atoms with Gasteiger partial charge in [0.1, 0.15) is 0 Å². The zero-order chi connectivity index (χ0) is 21.7. The van der Waals surface area contributed by atoms with Crippen LogP contribution in [0.2, 0.25) is 0 Å². The van der Waals surface area contributed by atoms with E-state index < -0.39 is 11.5 Å². The van der Waals surface area contributed by atoms with Crippen molar-refractivity contribution in [3.63, 3.8) is 0 Å². The summed E-state index contributed by atoms with van der Waals surface area (Å²) in [5.41, 5.74) is 5.34. The number of aryl methyl sites for hydroxylation is 1. The predicted octanol–water partition coefficient (Wildman–Crippen LogP) is 4.83. The van der Waals surface area contributed by atoms with Gasteiger partial charge >= 0.3 is 5.97 Å². The van der Waals surface area contributed by atoms with Crippen LogP contribution in [0.4, 0.5) is 0 Å². The molecule has 1 fully saturated rings. The van der Waals surface area contributed by atoms with Gasteiger partial charge in [-0.3, -0.25) is 4.79 Å². The van der Waals surface area contributed by atoms with Crippen molar-refractivity contribution in [3.8, 4) is 0 Å². The van der Waals surface area contributed by atoms with Crippen molar-refractivity contribution < 1.29 is 14.6 Å². The Morgan fingerprint density at radius 2 is 1.71 bits per heavy atom. The zero-order valence-corrected chi connectivity index (χ0v) is 17.9. The first-order chi connectivity index (χ1) is 15.0. The minimum atomic E-state index is -0.805. The number of aliphatic carboxylic acids is 1. The maximum atomic E-state index is 11.7. The Kier molecular flexibility index (Phi) is 6.50. The van der Waals surface area contributed by atoms with Crippen LogP contribution in [-0.2, 0) is 28.1 Å². The van der Waals surface area contributed by atoms with Crippen LogP contribution >= 0.6 is 0 Å². The average Bonchev–Trinajstić information content (AvgIpc) is 3.18. The average molecular weight is 416 g/mol. The standard InChI is InChI=1S/C27H29NO3/c1-20-7-5-6-10-23(20)15-21-11-13-24(14-12-21)27(17-26(29)30)16-25(18-28-27)31-19-22-8-3-2-4-9-22/h2-14,25,28H,15-19H2,1H3,(H,29,30)/t25-,27+/m1/s1. The van der Waals surface area contributed by atoms with Crippen molar-refractivity contribution in [1.29, 1.82) is 0 Å². The van der Waals surface area contributed by atoms with Crippen molar-refractivity contribution >= 4 is 5.97 Å². The van der Waals surface area contributed by atoms with Gasteiger partial charge < -0.3 is 15.2 Å². The second kappa shape index (κ2) is 9.46. The second-order valence-electron chi connectivity index (χ2n) is 8.46. The number of hydrogen-bond acceptors (Lipinski definition) is 3. The third-order valence-corrected chi connectivity index (χ3v) is 6.19. The molecular formula is C27H29NO3. The molecule has 3 aromatic carbocycles. The summed E-state index contributed by atoms with van der Waals surface area (Å²) < 4.78 is 6.11. The van der Waals surface area contributed by atoms with E-state index >= 15 is 0 Å². The van der Waals surface area contributed by atoms with E-state index in [1.54, 1.807) is 0 Å². The zero-order valence-electron chi connectivity index (χ0n) is 17.9. The van der Waals surface area contributed by atoms with Crippen LogP contribution in [0.1, 0.15) is 40.7 Å². The van der Waals surface area contributed by atoms with E-state index in [9.17, 15) is 9.90 Å². The van der Waals surface area contributed by atoms with Crippen LogP contribution in [-0.4, -0.2) is 23.7 Å². The lowest BCUT2D eigenvalue weighted by Crippen LogP contribution is -2.38. The summed E-state index contributed by atoms with van der Waals surface area (Å²) in [7, 11) is 0. The molecule has 0 bridgehead atoms. The highest BCUT2D eigenvalue weighted by Crippen LogP contribution is 2.36. The molecule has 4 heteroatoms. The minimum absolute atomic E-state index is 0.0220. The first kappa shape index (κ1) is 21.3. The first-order valence-electron chi connectivity index (χ1n) is 10.8. The molecule has 1 heterocycles. The Morgan fingerprint density at radius 1 is 1.00 bits per heavy atom. The molecule has 0 unspecified atom stereocenters.